The smallest absolute Gasteiger partial charge is 0.261 e. The lowest BCUT2D eigenvalue weighted by molar-refractivity contribution is -0.116. The van der Waals surface area contributed by atoms with Gasteiger partial charge in [-0.2, -0.15) is 0 Å². The molecule has 172 valence electrons. The molecule has 33 heavy (non-hydrogen) atoms. The summed E-state index contributed by atoms with van der Waals surface area (Å²) in [6.07, 6.45) is 5.24. The quantitative estimate of drug-likeness (QED) is 0.618. The molecule has 0 atom stereocenters. The molecule has 7 nitrogen and oxygen atoms in total. The Morgan fingerprint density at radius 2 is 1.73 bits per heavy atom. The third kappa shape index (κ3) is 5.09. The van der Waals surface area contributed by atoms with Gasteiger partial charge in [-0.1, -0.05) is 42.5 Å². The number of benzene rings is 2. The van der Waals surface area contributed by atoms with Gasteiger partial charge in [0.1, 0.15) is 0 Å². The normalized spacial score (nSPS) is 16.0. The summed E-state index contributed by atoms with van der Waals surface area (Å²) in [6.45, 7) is 1.82. The van der Waals surface area contributed by atoms with Crippen molar-refractivity contribution >= 4 is 40.9 Å². The Balaban J connectivity index is 1.36. The molecule has 0 bridgehead atoms. The summed E-state index contributed by atoms with van der Waals surface area (Å²) >= 11 is 6.22. The minimum absolute atomic E-state index is 0.0279. The van der Waals surface area contributed by atoms with Crippen LogP contribution >= 0.6 is 11.6 Å². The fraction of sp³-hybridized carbons (Fsp3) is 0.360. The molecular formula is C25H26ClN3O4. The summed E-state index contributed by atoms with van der Waals surface area (Å²) < 4.78 is 0. The first-order chi connectivity index (χ1) is 15.8. The van der Waals surface area contributed by atoms with E-state index in [2.05, 4.69) is 10.6 Å². The Morgan fingerprint density at radius 1 is 1.00 bits per heavy atom. The van der Waals surface area contributed by atoms with E-state index in [1.54, 1.807) is 36.4 Å². The highest BCUT2D eigenvalue weighted by Crippen LogP contribution is 2.25. The second kappa shape index (κ2) is 9.75. The van der Waals surface area contributed by atoms with Gasteiger partial charge in [0.2, 0.25) is 5.91 Å². The van der Waals surface area contributed by atoms with Gasteiger partial charge in [-0.15, -0.1) is 0 Å². The number of hydrogen-bond donors (Lipinski definition) is 2. The van der Waals surface area contributed by atoms with E-state index in [1.165, 1.54) is 6.42 Å². The first-order valence-electron chi connectivity index (χ1n) is 11.2. The van der Waals surface area contributed by atoms with Crippen LogP contribution in [-0.4, -0.2) is 41.1 Å². The second-order valence-corrected chi connectivity index (χ2v) is 9.02. The number of amides is 4. The molecule has 0 aromatic heterocycles. The predicted molar refractivity (Wildman–Crippen MR) is 126 cm³/mol. The van der Waals surface area contributed by atoms with Crippen LogP contribution in [0.1, 0.15) is 75.2 Å². The number of nitrogens with zero attached hydrogens (tertiary/aromatic N) is 1. The number of carbonyl (C=O) groups is 4. The van der Waals surface area contributed by atoms with Crippen LogP contribution in [0.3, 0.4) is 0 Å². The Hall–Kier alpha value is -3.19. The van der Waals surface area contributed by atoms with E-state index in [-0.39, 0.29) is 36.7 Å². The molecule has 2 aliphatic rings. The molecule has 1 heterocycles. The van der Waals surface area contributed by atoms with Gasteiger partial charge in [0.25, 0.3) is 17.7 Å². The maximum Gasteiger partial charge on any atom is 0.261 e. The fourth-order valence-electron chi connectivity index (χ4n) is 4.33. The molecule has 1 fully saturated rings. The van der Waals surface area contributed by atoms with Gasteiger partial charge in [0, 0.05) is 24.7 Å². The summed E-state index contributed by atoms with van der Waals surface area (Å²) in [7, 11) is 0. The molecule has 2 aromatic rings. The molecule has 0 saturated heterocycles. The Bertz CT molecular complexity index is 1120. The molecule has 1 saturated carbocycles. The monoisotopic (exact) mass is 467 g/mol. The van der Waals surface area contributed by atoms with Crippen molar-refractivity contribution in [2.75, 3.05) is 11.9 Å². The van der Waals surface area contributed by atoms with Crippen molar-refractivity contribution in [3.05, 3.63) is 63.7 Å². The SMILES string of the molecule is Cc1ccc2c(c1)C(=O)N(CCC(=O)Nc1ccc(Cl)c(C(=O)NC3CCCCC3)c1)C2=O. The molecule has 0 radical (unpaired) electrons. The van der Waals surface area contributed by atoms with Crippen LogP contribution in [-0.2, 0) is 4.79 Å². The van der Waals surface area contributed by atoms with E-state index < -0.39 is 5.91 Å². The summed E-state index contributed by atoms with van der Waals surface area (Å²) in [5.41, 5.74) is 2.34. The van der Waals surface area contributed by atoms with E-state index in [1.807, 2.05) is 6.92 Å². The third-order valence-electron chi connectivity index (χ3n) is 6.12. The number of nitrogens with one attached hydrogen (secondary N) is 2. The number of halogens is 1. The molecule has 0 unspecified atom stereocenters. The topological polar surface area (TPSA) is 95.6 Å². The van der Waals surface area contributed by atoms with Crippen LogP contribution in [0.25, 0.3) is 0 Å². The third-order valence-corrected chi connectivity index (χ3v) is 6.45. The van der Waals surface area contributed by atoms with Crippen molar-refractivity contribution in [2.24, 2.45) is 0 Å². The number of carbonyl (C=O) groups excluding carboxylic acids is 4. The minimum Gasteiger partial charge on any atom is -0.349 e. The lowest BCUT2D eigenvalue weighted by atomic mass is 9.95. The zero-order chi connectivity index (χ0) is 23.5. The van der Waals surface area contributed by atoms with Crippen molar-refractivity contribution < 1.29 is 19.2 Å². The fourth-order valence-corrected chi connectivity index (χ4v) is 4.53. The summed E-state index contributed by atoms with van der Waals surface area (Å²) in [5.74, 6) is -1.41. The Labute approximate surface area is 197 Å². The van der Waals surface area contributed by atoms with Crippen molar-refractivity contribution in [3.63, 3.8) is 0 Å². The Morgan fingerprint density at radius 3 is 2.48 bits per heavy atom. The van der Waals surface area contributed by atoms with E-state index in [0.29, 0.717) is 27.4 Å². The Kier molecular flexibility index (Phi) is 6.79. The second-order valence-electron chi connectivity index (χ2n) is 8.61. The van der Waals surface area contributed by atoms with Crippen molar-refractivity contribution in [1.82, 2.24) is 10.2 Å². The van der Waals surface area contributed by atoms with Gasteiger partial charge in [-0.05, 0) is 50.1 Å². The number of anilines is 1. The average molecular weight is 468 g/mol. The van der Waals surface area contributed by atoms with Gasteiger partial charge < -0.3 is 10.6 Å². The van der Waals surface area contributed by atoms with Crippen LogP contribution < -0.4 is 10.6 Å². The molecule has 8 heteroatoms. The van der Waals surface area contributed by atoms with Crippen molar-refractivity contribution in [3.8, 4) is 0 Å². The van der Waals surface area contributed by atoms with E-state index in [4.69, 9.17) is 11.6 Å². The van der Waals surface area contributed by atoms with E-state index >= 15 is 0 Å². The van der Waals surface area contributed by atoms with E-state index in [0.717, 1.165) is 36.1 Å². The number of hydrogen-bond acceptors (Lipinski definition) is 4. The molecule has 0 spiro atoms. The highest BCUT2D eigenvalue weighted by Gasteiger charge is 2.35. The molecule has 1 aliphatic heterocycles. The standard InChI is InChI=1S/C25H26ClN3O4/c1-15-7-9-18-19(13-15)25(33)29(24(18)32)12-11-22(30)27-17-8-10-21(26)20(14-17)23(31)28-16-5-3-2-4-6-16/h7-10,13-14,16H,2-6,11-12H2,1H3,(H,27,30)(H,28,31). The van der Waals surface area contributed by atoms with Crippen LogP contribution in [0.5, 0.6) is 0 Å². The van der Waals surface area contributed by atoms with Crippen LogP contribution in [0, 0.1) is 6.92 Å². The number of rotatable bonds is 6. The summed E-state index contributed by atoms with van der Waals surface area (Å²) in [4.78, 5) is 51.4. The lowest BCUT2D eigenvalue weighted by Gasteiger charge is -2.23. The summed E-state index contributed by atoms with van der Waals surface area (Å²) in [6, 6.07) is 9.97. The average Bonchev–Trinajstić information content (AvgIpc) is 3.03. The first-order valence-corrected chi connectivity index (χ1v) is 11.6. The molecule has 4 amide bonds. The predicted octanol–water partition coefficient (Wildman–Crippen LogP) is 4.34. The van der Waals surface area contributed by atoms with Gasteiger partial charge in [0.15, 0.2) is 0 Å². The molecule has 2 aromatic carbocycles. The van der Waals surface area contributed by atoms with Gasteiger partial charge in [0.05, 0.1) is 21.7 Å². The zero-order valence-corrected chi connectivity index (χ0v) is 19.2. The van der Waals surface area contributed by atoms with E-state index in [9.17, 15) is 19.2 Å². The molecule has 1 aliphatic carbocycles. The molecule has 2 N–H and O–H groups in total. The maximum absolute atomic E-state index is 12.7. The largest absolute Gasteiger partial charge is 0.349 e. The highest BCUT2D eigenvalue weighted by molar-refractivity contribution is 6.34. The highest BCUT2D eigenvalue weighted by atomic mass is 35.5. The zero-order valence-electron chi connectivity index (χ0n) is 18.4. The van der Waals surface area contributed by atoms with Gasteiger partial charge in [-0.3, -0.25) is 24.1 Å². The van der Waals surface area contributed by atoms with Gasteiger partial charge >= 0.3 is 0 Å². The minimum atomic E-state index is -0.393. The number of imide groups is 1. The maximum atomic E-state index is 12.7. The van der Waals surface area contributed by atoms with Crippen molar-refractivity contribution in [2.45, 2.75) is 51.5 Å². The lowest BCUT2D eigenvalue weighted by Crippen LogP contribution is -2.36. The van der Waals surface area contributed by atoms with Crippen molar-refractivity contribution in [1.29, 1.82) is 0 Å². The number of aryl methyl sites for hydroxylation is 1. The summed E-state index contributed by atoms with van der Waals surface area (Å²) in [5, 5.41) is 6.06. The van der Waals surface area contributed by atoms with Gasteiger partial charge in [-0.25, -0.2) is 0 Å². The molecule has 4 rings (SSSR count). The molecular weight excluding hydrogens is 442 g/mol. The first kappa shape index (κ1) is 23.0. The van der Waals surface area contributed by atoms with Crippen LogP contribution in [0.2, 0.25) is 5.02 Å². The number of fused-ring (bicyclic) bond motifs is 1. The van der Waals surface area contributed by atoms with Crippen LogP contribution in [0.4, 0.5) is 5.69 Å². The van der Waals surface area contributed by atoms with Crippen LogP contribution in [0.15, 0.2) is 36.4 Å².